The molecular weight excluding hydrogens is 234 g/mol. The van der Waals surface area contributed by atoms with Crippen molar-refractivity contribution in [2.75, 3.05) is 10.6 Å². The van der Waals surface area contributed by atoms with Crippen molar-refractivity contribution in [2.45, 2.75) is 19.9 Å². The van der Waals surface area contributed by atoms with E-state index in [1.165, 1.54) is 32.0 Å². The molecule has 0 aliphatic carbocycles. The summed E-state index contributed by atoms with van der Waals surface area (Å²) in [7, 11) is 0. The molecule has 0 saturated heterocycles. The van der Waals surface area contributed by atoms with Crippen LogP contribution in [0.15, 0.2) is 18.2 Å². The number of aliphatic carboxylic acids is 1. The van der Waals surface area contributed by atoms with Gasteiger partial charge in [-0.25, -0.2) is 4.79 Å². The molecule has 0 heterocycles. The Kier molecular flexibility index (Phi) is 3.89. The van der Waals surface area contributed by atoms with Crippen LogP contribution in [0.1, 0.15) is 19.4 Å². The smallest absolute Gasteiger partial charge is 0.326 e. The van der Waals surface area contributed by atoms with Crippen molar-refractivity contribution in [1.82, 2.24) is 0 Å². The van der Waals surface area contributed by atoms with Crippen molar-refractivity contribution < 1.29 is 14.7 Å². The van der Waals surface area contributed by atoms with Gasteiger partial charge in [-0.2, -0.15) is 5.26 Å². The molecule has 0 fully saturated rings. The maximum Gasteiger partial charge on any atom is 0.326 e. The Hall–Kier alpha value is -2.55. The number of hydrogen-bond donors (Lipinski definition) is 2. The highest BCUT2D eigenvalue weighted by molar-refractivity contribution is 5.99. The number of rotatable bonds is 3. The summed E-state index contributed by atoms with van der Waals surface area (Å²) in [5.41, 5.74) is 6.37. The van der Waals surface area contributed by atoms with Crippen LogP contribution in [-0.2, 0) is 9.59 Å². The summed E-state index contributed by atoms with van der Waals surface area (Å²) in [4.78, 5) is 23.6. The third-order valence-electron chi connectivity index (χ3n) is 2.49. The van der Waals surface area contributed by atoms with Gasteiger partial charge < -0.3 is 10.8 Å². The highest BCUT2D eigenvalue weighted by Gasteiger charge is 2.26. The summed E-state index contributed by atoms with van der Waals surface area (Å²) < 4.78 is 0. The second-order valence-electron chi connectivity index (χ2n) is 3.79. The Labute approximate surface area is 104 Å². The zero-order valence-corrected chi connectivity index (χ0v) is 10.0. The van der Waals surface area contributed by atoms with E-state index in [1.807, 2.05) is 6.07 Å². The van der Waals surface area contributed by atoms with Crippen LogP contribution in [0, 0.1) is 11.3 Å². The van der Waals surface area contributed by atoms with Gasteiger partial charge in [0.05, 0.1) is 11.3 Å². The second-order valence-corrected chi connectivity index (χ2v) is 3.79. The molecule has 1 aromatic carbocycles. The number of nitriles is 1. The molecule has 1 rings (SSSR count). The van der Waals surface area contributed by atoms with E-state index >= 15 is 0 Å². The van der Waals surface area contributed by atoms with E-state index in [0.717, 1.165) is 4.90 Å². The fourth-order valence-corrected chi connectivity index (χ4v) is 1.60. The Balaban J connectivity index is 3.39. The molecule has 0 aliphatic heterocycles. The minimum absolute atomic E-state index is 0.201. The highest BCUT2D eigenvalue weighted by Crippen LogP contribution is 2.25. The minimum atomic E-state index is -1.16. The monoisotopic (exact) mass is 247 g/mol. The molecule has 94 valence electrons. The van der Waals surface area contributed by atoms with Gasteiger partial charge in [-0.05, 0) is 25.1 Å². The van der Waals surface area contributed by atoms with Gasteiger partial charge in [0.2, 0.25) is 5.91 Å². The van der Waals surface area contributed by atoms with Gasteiger partial charge in [-0.1, -0.05) is 0 Å². The molecule has 0 bridgehead atoms. The summed E-state index contributed by atoms with van der Waals surface area (Å²) in [6, 6.07) is 5.23. The van der Waals surface area contributed by atoms with E-state index in [9.17, 15) is 9.59 Å². The number of hydrogen-bond acceptors (Lipinski definition) is 4. The SMILES string of the molecule is CC(=O)N(c1cc(N)ccc1C#N)C(C)C(=O)O. The number of carboxylic acid groups (broad SMARTS) is 1. The van der Waals surface area contributed by atoms with Crippen LogP contribution in [0.4, 0.5) is 11.4 Å². The molecule has 1 aromatic rings. The molecule has 0 radical (unpaired) electrons. The maximum absolute atomic E-state index is 11.6. The predicted molar refractivity (Wildman–Crippen MR) is 65.8 cm³/mol. The third-order valence-corrected chi connectivity index (χ3v) is 2.49. The highest BCUT2D eigenvalue weighted by atomic mass is 16.4. The largest absolute Gasteiger partial charge is 0.480 e. The average molecular weight is 247 g/mol. The fourth-order valence-electron chi connectivity index (χ4n) is 1.60. The number of nitrogens with two attached hydrogens (primary N) is 1. The van der Waals surface area contributed by atoms with E-state index in [2.05, 4.69) is 0 Å². The van der Waals surface area contributed by atoms with Gasteiger partial charge in [-0.3, -0.25) is 9.69 Å². The van der Waals surface area contributed by atoms with Crippen molar-refractivity contribution in [2.24, 2.45) is 0 Å². The average Bonchev–Trinajstić information content (AvgIpc) is 2.28. The molecule has 6 nitrogen and oxygen atoms in total. The molecule has 0 aliphatic rings. The molecule has 0 spiro atoms. The minimum Gasteiger partial charge on any atom is -0.480 e. The summed E-state index contributed by atoms with van der Waals surface area (Å²) in [6.07, 6.45) is 0. The lowest BCUT2D eigenvalue weighted by Crippen LogP contribution is -2.42. The second kappa shape index (κ2) is 5.19. The summed E-state index contributed by atoms with van der Waals surface area (Å²) in [5, 5.41) is 18.0. The Bertz CT molecular complexity index is 534. The number of anilines is 2. The molecule has 6 heteroatoms. The van der Waals surface area contributed by atoms with Crippen LogP contribution in [0.3, 0.4) is 0 Å². The van der Waals surface area contributed by atoms with Crippen molar-refractivity contribution in [3.05, 3.63) is 23.8 Å². The summed E-state index contributed by atoms with van der Waals surface area (Å²) in [6.45, 7) is 2.61. The van der Waals surface area contributed by atoms with Crippen LogP contribution in [0.25, 0.3) is 0 Å². The maximum atomic E-state index is 11.6. The topological polar surface area (TPSA) is 107 Å². The van der Waals surface area contributed by atoms with E-state index in [4.69, 9.17) is 16.1 Å². The van der Waals surface area contributed by atoms with Crippen molar-refractivity contribution >= 4 is 23.3 Å². The molecule has 1 amide bonds. The van der Waals surface area contributed by atoms with E-state index in [0.29, 0.717) is 5.69 Å². The third kappa shape index (κ3) is 2.58. The Morgan fingerprint density at radius 2 is 2.11 bits per heavy atom. The number of carbonyl (C=O) groups excluding carboxylic acids is 1. The van der Waals surface area contributed by atoms with Gasteiger partial charge in [0.1, 0.15) is 12.1 Å². The Morgan fingerprint density at radius 3 is 2.56 bits per heavy atom. The molecular formula is C12H13N3O3. The molecule has 3 N–H and O–H groups in total. The fraction of sp³-hybridized carbons (Fsp3) is 0.250. The first-order valence-corrected chi connectivity index (χ1v) is 5.20. The van der Waals surface area contributed by atoms with E-state index in [1.54, 1.807) is 0 Å². The first kappa shape index (κ1) is 13.5. The van der Waals surface area contributed by atoms with Crippen molar-refractivity contribution in [1.29, 1.82) is 5.26 Å². The summed E-state index contributed by atoms with van der Waals surface area (Å²) in [5.74, 6) is -1.62. The quantitative estimate of drug-likeness (QED) is 0.773. The molecule has 18 heavy (non-hydrogen) atoms. The Morgan fingerprint density at radius 1 is 1.50 bits per heavy atom. The normalized spacial score (nSPS) is 11.4. The zero-order chi connectivity index (χ0) is 13.9. The van der Waals surface area contributed by atoms with Crippen LogP contribution < -0.4 is 10.6 Å². The number of carbonyl (C=O) groups is 2. The zero-order valence-electron chi connectivity index (χ0n) is 10.0. The lowest BCUT2D eigenvalue weighted by molar-refractivity contribution is -0.139. The van der Waals surface area contributed by atoms with E-state index < -0.39 is 17.9 Å². The molecule has 1 unspecified atom stereocenters. The van der Waals surface area contributed by atoms with Crippen LogP contribution in [-0.4, -0.2) is 23.0 Å². The standard InChI is InChI=1S/C12H13N3O3/c1-7(12(17)18)15(8(2)16)11-5-10(14)4-3-9(11)6-13/h3-5,7H,14H2,1-2H3,(H,17,18). The summed E-state index contributed by atoms with van der Waals surface area (Å²) >= 11 is 0. The lowest BCUT2D eigenvalue weighted by atomic mass is 10.1. The number of nitrogen functional groups attached to an aromatic ring is 1. The number of nitrogens with zero attached hydrogens (tertiary/aromatic N) is 2. The number of benzene rings is 1. The van der Waals surface area contributed by atoms with Crippen LogP contribution in [0.2, 0.25) is 0 Å². The van der Waals surface area contributed by atoms with Crippen LogP contribution in [0.5, 0.6) is 0 Å². The van der Waals surface area contributed by atoms with Gasteiger partial charge in [0.25, 0.3) is 0 Å². The molecule has 1 atom stereocenters. The molecule has 0 saturated carbocycles. The van der Waals surface area contributed by atoms with Gasteiger partial charge >= 0.3 is 5.97 Å². The number of amides is 1. The van der Waals surface area contributed by atoms with Gasteiger partial charge in [0.15, 0.2) is 0 Å². The predicted octanol–water partition coefficient (Wildman–Crippen LogP) is 0.966. The van der Waals surface area contributed by atoms with Gasteiger partial charge in [-0.15, -0.1) is 0 Å². The van der Waals surface area contributed by atoms with E-state index in [-0.39, 0.29) is 11.3 Å². The number of carboxylic acids is 1. The first-order chi connectivity index (χ1) is 8.38. The van der Waals surface area contributed by atoms with Crippen molar-refractivity contribution in [3.63, 3.8) is 0 Å². The molecule has 0 aromatic heterocycles. The first-order valence-electron chi connectivity index (χ1n) is 5.20. The van der Waals surface area contributed by atoms with Gasteiger partial charge in [0, 0.05) is 12.6 Å². The lowest BCUT2D eigenvalue weighted by Gasteiger charge is -2.26. The van der Waals surface area contributed by atoms with Crippen LogP contribution >= 0.6 is 0 Å². The van der Waals surface area contributed by atoms with Crippen molar-refractivity contribution in [3.8, 4) is 6.07 Å².